The van der Waals surface area contributed by atoms with Gasteiger partial charge in [-0.1, -0.05) is 0 Å². The van der Waals surface area contributed by atoms with Crippen molar-refractivity contribution in [2.24, 2.45) is 5.41 Å². The van der Waals surface area contributed by atoms with Crippen molar-refractivity contribution in [3.05, 3.63) is 23.8 Å². The van der Waals surface area contributed by atoms with Crippen molar-refractivity contribution in [2.75, 3.05) is 26.2 Å². The fourth-order valence-electron chi connectivity index (χ4n) is 3.31. The molecule has 0 aromatic carbocycles. The Balaban J connectivity index is 1.62. The minimum atomic E-state index is 0.0290. The van der Waals surface area contributed by atoms with Crippen LogP contribution in [-0.2, 0) is 0 Å². The van der Waals surface area contributed by atoms with Crippen molar-refractivity contribution < 1.29 is 4.79 Å². The van der Waals surface area contributed by atoms with Crippen molar-refractivity contribution in [2.45, 2.75) is 32.6 Å². The molecular formula is C15H22N4O. The molecule has 0 aliphatic carbocycles. The number of aromatic nitrogens is 2. The summed E-state index contributed by atoms with van der Waals surface area (Å²) in [5, 5.41) is 3.42. The summed E-state index contributed by atoms with van der Waals surface area (Å²) in [4.78, 5) is 22.7. The van der Waals surface area contributed by atoms with E-state index in [-0.39, 0.29) is 5.91 Å². The van der Waals surface area contributed by atoms with Gasteiger partial charge in [-0.2, -0.15) is 0 Å². The number of piperidine rings is 2. The molecule has 0 atom stereocenters. The second kappa shape index (κ2) is 5.48. The van der Waals surface area contributed by atoms with Crippen LogP contribution in [0.1, 0.15) is 41.9 Å². The first-order valence-corrected chi connectivity index (χ1v) is 7.47. The highest BCUT2D eigenvalue weighted by atomic mass is 16.2. The van der Waals surface area contributed by atoms with Gasteiger partial charge in [-0.3, -0.25) is 9.78 Å². The Hall–Kier alpha value is -1.49. The normalized spacial score (nSPS) is 21.9. The van der Waals surface area contributed by atoms with Gasteiger partial charge in [0.1, 0.15) is 5.69 Å². The van der Waals surface area contributed by atoms with Crippen molar-refractivity contribution in [1.82, 2.24) is 20.2 Å². The SMILES string of the molecule is Cc1cnc(C(=O)N2CCC3(CCNCC3)CC2)cn1. The van der Waals surface area contributed by atoms with Crippen LogP contribution in [0, 0.1) is 12.3 Å². The van der Waals surface area contributed by atoms with Gasteiger partial charge in [-0.15, -0.1) is 0 Å². The number of aryl methyl sites for hydroxylation is 1. The van der Waals surface area contributed by atoms with E-state index in [2.05, 4.69) is 15.3 Å². The average molecular weight is 274 g/mol. The minimum Gasteiger partial charge on any atom is -0.337 e. The van der Waals surface area contributed by atoms with Gasteiger partial charge in [0.25, 0.3) is 5.91 Å². The Kier molecular flexibility index (Phi) is 3.70. The predicted molar refractivity (Wildman–Crippen MR) is 76.4 cm³/mol. The zero-order valence-electron chi connectivity index (χ0n) is 12.1. The van der Waals surface area contributed by atoms with E-state index >= 15 is 0 Å². The summed E-state index contributed by atoms with van der Waals surface area (Å²) >= 11 is 0. The molecule has 1 spiro atoms. The van der Waals surface area contributed by atoms with Crippen molar-refractivity contribution in [3.8, 4) is 0 Å². The van der Waals surface area contributed by atoms with Gasteiger partial charge in [0.2, 0.25) is 0 Å². The minimum absolute atomic E-state index is 0.0290. The van der Waals surface area contributed by atoms with Crippen LogP contribution in [0.15, 0.2) is 12.4 Å². The highest BCUT2D eigenvalue weighted by Crippen LogP contribution is 2.39. The Morgan fingerprint density at radius 3 is 2.45 bits per heavy atom. The molecule has 1 N–H and O–H groups in total. The van der Waals surface area contributed by atoms with Crippen LogP contribution in [0.3, 0.4) is 0 Å². The molecule has 0 radical (unpaired) electrons. The predicted octanol–water partition coefficient (Wildman–Crippen LogP) is 1.39. The smallest absolute Gasteiger partial charge is 0.274 e. The lowest BCUT2D eigenvalue weighted by molar-refractivity contribution is 0.0490. The molecule has 5 heteroatoms. The van der Waals surface area contributed by atoms with E-state index < -0.39 is 0 Å². The van der Waals surface area contributed by atoms with Gasteiger partial charge in [-0.25, -0.2) is 4.98 Å². The van der Waals surface area contributed by atoms with Crippen molar-refractivity contribution in [3.63, 3.8) is 0 Å². The Bertz CT molecular complexity index is 469. The van der Waals surface area contributed by atoms with Crippen LogP contribution >= 0.6 is 0 Å². The van der Waals surface area contributed by atoms with Gasteiger partial charge in [0.05, 0.1) is 11.9 Å². The molecule has 2 fully saturated rings. The maximum Gasteiger partial charge on any atom is 0.274 e. The number of amides is 1. The molecule has 0 saturated carbocycles. The van der Waals surface area contributed by atoms with Gasteiger partial charge >= 0.3 is 0 Å². The Morgan fingerprint density at radius 1 is 1.15 bits per heavy atom. The Morgan fingerprint density at radius 2 is 1.85 bits per heavy atom. The quantitative estimate of drug-likeness (QED) is 0.841. The number of nitrogens with one attached hydrogen (secondary N) is 1. The monoisotopic (exact) mass is 274 g/mol. The largest absolute Gasteiger partial charge is 0.337 e. The molecule has 2 aliphatic rings. The molecule has 3 heterocycles. The number of carbonyl (C=O) groups is 1. The van der Waals surface area contributed by atoms with Crippen LogP contribution < -0.4 is 5.32 Å². The van der Waals surface area contributed by atoms with E-state index in [1.165, 1.54) is 12.8 Å². The topological polar surface area (TPSA) is 58.1 Å². The molecule has 0 unspecified atom stereocenters. The fourth-order valence-corrected chi connectivity index (χ4v) is 3.31. The highest BCUT2D eigenvalue weighted by Gasteiger charge is 2.36. The van der Waals surface area contributed by atoms with Crippen LogP contribution in [-0.4, -0.2) is 47.0 Å². The van der Waals surface area contributed by atoms with E-state index in [1.54, 1.807) is 12.4 Å². The molecule has 20 heavy (non-hydrogen) atoms. The van der Waals surface area contributed by atoms with Gasteiger partial charge < -0.3 is 10.2 Å². The number of hydrogen-bond donors (Lipinski definition) is 1. The van der Waals surface area contributed by atoms with Crippen molar-refractivity contribution in [1.29, 1.82) is 0 Å². The molecule has 5 nitrogen and oxygen atoms in total. The zero-order valence-corrected chi connectivity index (χ0v) is 12.1. The number of likely N-dealkylation sites (tertiary alicyclic amines) is 1. The molecule has 2 aliphatic heterocycles. The lowest BCUT2D eigenvalue weighted by atomic mass is 9.71. The molecule has 0 bridgehead atoms. The summed E-state index contributed by atoms with van der Waals surface area (Å²) in [6, 6.07) is 0. The highest BCUT2D eigenvalue weighted by molar-refractivity contribution is 5.92. The van der Waals surface area contributed by atoms with E-state index in [9.17, 15) is 4.79 Å². The molecule has 3 rings (SSSR count). The molecule has 1 aromatic heterocycles. The second-order valence-corrected chi connectivity index (χ2v) is 6.09. The van der Waals surface area contributed by atoms with Crippen LogP contribution in [0.4, 0.5) is 0 Å². The second-order valence-electron chi connectivity index (χ2n) is 6.09. The van der Waals surface area contributed by atoms with Gasteiger partial charge in [-0.05, 0) is 51.1 Å². The summed E-state index contributed by atoms with van der Waals surface area (Å²) in [5.41, 5.74) is 1.78. The Labute approximate surface area is 119 Å². The fraction of sp³-hybridized carbons (Fsp3) is 0.667. The number of rotatable bonds is 1. The molecule has 108 valence electrons. The van der Waals surface area contributed by atoms with Gasteiger partial charge in [0, 0.05) is 19.3 Å². The third kappa shape index (κ3) is 2.68. The summed E-state index contributed by atoms with van der Waals surface area (Å²) in [7, 11) is 0. The van der Waals surface area contributed by atoms with E-state index in [4.69, 9.17) is 0 Å². The first kappa shape index (κ1) is 13.5. The lowest BCUT2D eigenvalue weighted by Gasteiger charge is -2.44. The first-order chi connectivity index (χ1) is 9.69. The molecular weight excluding hydrogens is 252 g/mol. The molecule has 1 amide bonds. The number of nitrogens with zero attached hydrogens (tertiary/aromatic N) is 3. The van der Waals surface area contributed by atoms with Crippen LogP contribution in [0.5, 0.6) is 0 Å². The zero-order chi connectivity index (χ0) is 14.0. The standard InChI is InChI=1S/C15H22N4O/c1-12-10-18-13(11-17-12)14(20)19-8-4-15(5-9-19)2-6-16-7-3-15/h10-11,16H,2-9H2,1H3. The maximum atomic E-state index is 12.4. The summed E-state index contributed by atoms with van der Waals surface area (Å²) in [6.45, 7) is 5.83. The van der Waals surface area contributed by atoms with Gasteiger partial charge in [0.15, 0.2) is 0 Å². The molecule has 1 aromatic rings. The first-order valence-electron chi connectivity index (χ1n) is 7.47. The summed E-state index contributed by atoms with van der Waals surface area (Å²) in [5.74, 6) is 0.0290. The van der Waals surface area contributed by atoms with E-state index in [1.807, 2.05) is 11.8 Å². The van der Waals surface area contributed by atoms with Crippen molar-refractivity contribution >= 4 is 5.91 Å². The number of hydrogen-bond acceptors (Lipinski definition) is 4. The molecule has 2 saturated heterocycles. The lowest BCUT2D eigenvalue weighted by Crippen LogP contribution is -2.47. The third-order valence-corrected chi connectivity index (χ3v) is 4.78. The van der Waals surface area contributed by atoms with E-state index in [0.29, 0.717) is 11.1 Å². The number of carbonyl (C=O) groups excluding carboxylic acids is 1. The average Bonchev–Trinajstić information content (AvgIpc) is 2.49. The van der Waals surface area contributed by atoms with E-state index in [0.717, 1.165) is 44.7 Å². The summed E-state index contributed by atoms with van der Waals surface area (Å²) < 4.78 is 0. The summed E-state index contributed by atoms with van der Waals surface area (Å²) in [6.07, 6.45) is 8.00. The van der Waals surface area contributed by atoms with Crippen LogP contribution in [0.25, 0.3) is 0 Å². The van der Waals surface area contributed by atoms with Crippen LogP contribution in [0.2, 0.25) is 0 Å². The maximum absolute atomic E-state index is 12.4. The third-order valence-electron chi connectivity index (χ3n) is 4.78.